The van der Waals surface area contributed by atoms with Gasteiger partial charge in [0, 0.05) is 5.56 Å². The van der Waals surface area contributed by atoms with Gasteiger partial charge in [-0.15, -0.1) is 0 Å². The molecule has 1 atom stereocenters. The predicted molar refractivity (Wildman–Crippen MR) is 85.3 cm³/mol. The third-order valence-corrected chi connectivity index (χ3v) is 3.51. The van der Waals surface area contributed by atoms with Crippen molar-refractivity contribution >= 4 is 0 Å². The summed E-state index contributed by atoms with van der Waals surface area (Å²) in [5.41, 5.74) is 7.84. The molecule has 118 valence electrons. The molecule has 0 bridgehead atoms. The highest BCUT2D eigenvalue weighted by atomic mass is 16.5. The first-order chi connectivity index (χ1) is 11.2. The van der Waals surface area contributed by atoms with Crippen molar-refractivity contribution in [2.75, 3.05) is 14.2 Å². The molecule has 0 aliphatic carbocycles. The van der Waals surface area contributed by atoms with E-state index < -0.39 is 6.04 Å². The molecule has 0 aliphatic heterocycles. The van der Waals surface area contributed by atoms with E-state index in [0.29, 0.717) is 23.2 Å². The second kappa shape index (κ2) is 6.50. The highest BCUT2D eigenvalue weighted by molar-refractivity contribution is 5.60. The Balaban J connectivity index is 1.90. The van der Waals surface area contributed by atoms with E-state index in [1.54, 1.807) is 26.4 Å². The van der Waals surface area contributed by atoms with Gasteiger partial charge in [0.15, 0.2) is 11.5 Å². The fraction of sp³-hybridized carbons (Fsp3) is 0.176. The van der Waals surface area contributed by atoms with Gasteiger partial charge in [-0.2, -0.15) is 4.98 Å². The van der Waals surface area contributed by atoms with Crippen LogP contribution in [0.25, 0.3) is 11.4 Å². The molecular formula is C17H17N3O3. The van der Waals surface area contributed by atoms with Crippen molar-refractivity contribution in [1.82, 2.24) is 10.1 Å². The number of methoxy groups -OCH3 is 2. The highest BCUT2D eigenvalue weighted by Gasteiger charge is 2.18. The zero-order chi connectivity index (χ0) is 16.2. The van der Waals surface area contributed by atoms with E-state index in [0.717, 1.165) is 11.1 Å². The van der Waals surface area contributed by atoms with Crippen LogP contribution in [0.15, 0.2) is 53.1 Å². The quantitative estimate of drug-likeness (QED) is 0.780. The van der Waals surface area contributed by atoms with Crippen LogP contribution in [-0.4, -0.2) is 24.4 Å². The minimum absolute atomic E-state index is 0.362. The molecule has 0 saturated carbocycles. The summed E-state index contributed by atoms with van der Waals surface area (Å²) in [6, 6.07) is 14.6. The summed E-state index contributed by atoms with van der Waals surface area (Å²) in [7, 11) is 3.16. The minimum atomic E-state index is -0.461. The van der Waals surface area contributed by atoms with Crippen LogP contribution in [0.3, 0.4) is 0 Å². The summed E-state index contributed by atoms with van der Waals surface area (Å²) in [5, 5.41) is 4.00. The molecule has 23 heavy (non-hydrogen) atoms. The van der Waals surface area contributed by atoms with Crippen molar-refractivity contribution in [2.24, 2.45) is 5.73 Å². The topological polar surface area (TPSA) is 83.4 Å². The fourth-order valence-electron chi connectivity index (χ4n) is 2.26. The Labute approximate surface area is 133 Å². The van der Waals surface area contributed by atoms with Crippen molar-refractivity contribution in [3.63, 3.8) is 0 Å². The lowest BCUT2D eigenvalue weighted by Crippen LogP contribution is -2.11. The normalized spacial score (nSPS) is 12.0. The van der Waals surface area contributed by atoms with Crippen molar-refractivity contribution in [2.45, 2.75) is 6.04 Å². The Kier molecular flexibility index (Phi) is 4.25. The van der Waals surface area contributed by atoms with Crippen LogP contribution in [-0.2, 0) is 0 Å². The summed E-state index contributed by atoms with van der Waals surface area (Å²) < 4.78 is 15.8. The Morgan fingerprint density at radius 1 is 1.00 bits per heavy atom. The number of rotatable bonds is 5. The van der Waals surface area contributed by atoms with Crippen molar-refractivity contribution in [3.8, 4) is 22.9 Å². The second-order valence-electron chi connectivity index (χ2n) is 4.91. The SMILES string of the molecule is COc1ccc(-c2noc(C(N)c3ccccc3)n2)cc1OC. The predicted octanol–water partition coefficient (Wildman–Crippen LogP) is 2.80. The molecule has 3 aromatic rings. The first-order valence-electron chi connectivity index (χ1n) is 7.09. The number of aromatic nitrogens is 2. The first-order valence-corrected chi connectivity index (χ1v) is 7.09. The standard InChI is InChI=1S/C17H17N3O3/c1-21-13-9-8-12(10-14(13)22-2)16-19-17(23-20-16)15(18)11-6-4-3-5-7-11/h3-10,15H,18H2,1-2H3. The molecule has 2 aromatic carbocycles. The number of hydrogen-bond acceptors (Lipinski definition) is 6. The van der Waals surface area contributed by atoms with Gasteiger partial charge in [-0.1, -0.05) is 35.5 Å². The average Bonchev–Trinajstić information content (AvgIpc) is 3.11. The molecule has 2 N–H and O–H groups in total. The Bertz CT molecular complexity index is 787. The lowest BCUT2D eigenvalue weighted by atomic mass is 10.1. The van der Waals surface area contributed by atoms with Crippen LogP contribution in [0.1, 0.15) is 17.5 Å². The highest BCUT2D eigenvalue weighted by Crippen LogP contribution is 2.31. The third kappa shape index (κ3) is 3.02. The summed E-state index contributed by atoms with van der Waals surface area (Å²) in [6.45, 7) is 0. The number of ether oxygens (including phenoxy) is 2. The van der Waals surface area contributed by atoms with Gasteiger partial charge < -0.3 is 19.7 Å². The Hall–Kier alpha value is -2.86. The van der Waals surface area contributed by atoms with Gasteiger partial charge in [-0.05, 0) is 23.8 Å². The van der Waals surface area contributed by atoms with Gasteiger partial charge in [0.1, 0.15) is 6.04 Å². The lowest BCUT2D eigenvalue weighted by molar-refractivity contribution is 0.355. The maximum absolute atomic E-state index is 6.17. The monoisotopic (exact) mass is 311 g/mol. The van der Waals surface area contributed by atoms with Gasteiger partial charge in [0.2, 0.25) is 11.7 Å². The van der Waals surface area contributed by atoms with Crippen LogP contribution < -0.4 is 15.2 Å². The van der Waals surface area contributed by atoms with Crippen LogP contribution in [0.2, 0.25) is 0 Å². The van der Waals surface area contributed by atoms with E-state index in [1.807, 2.05) is 36.4 Å². The molecular weight excluding hydrogens is 294 g/mol. The molecule has 0 spiro atoms. The molecule has 1 aromatic heterocycles. The molecule has 6 nitrogen and oxygen atoms in total. The summed E-state index contributed by atoms with van der Waals surface area (Å²) in [6.07, 6.45) is 0. The number of nitrogens with two attached hydrogens (primary N) is 1. The van der Waals surface area contributed by atoms with Gasteiger partial charge in [0.05, 0.1) is 14.2 Å². The molecule has 0 aliphatic rings. The van der Waals surface area contributed by atoms with Gasteiger partial charge in [-0.25, -0.2) is 0 Å². The second-order valence-corrected chi connectivity index (χ2v) is 4.91. The van der Waals surface area contributed by atoms with E-state index in [4.69, 9.17) is 19.7 Å². The number of hydrogen-bond donors (Lipinski definition) is 1. The zero-order valence-electron chi connectivity index (χ0n) is 12.9. The Morgan fingerprint density at radius 3 is 2.43 bits per heavy atom. The molecule has 6 heteroatoms. The summed E-state index contributed by atoms with van der Waals surface area (Å²) >= 11 is 0. The largest absolute Gasteiger partial charge is 0.493 e. The molecule has 3 rings (SSSR count). The fourth-order valence-corrected chi connectivity index (χ4v) is 2.26. The first kappa shape index (κ1) is 15.1. The molecule has 0 amide bonds. The van der Waals surface area contributed by atoms with Crippen molar-refractivity contribution in [1.29, 1.82) is 0 Å². The van der Waals surface area contributed by atoms with Gasteiger partial charge >= 0.3 is 0 Å². The van der Waals surface area contributed by atoms with Crippen molar-refractivity contribution < 1.29 is 14.0 Å². The molecule has 1 heterocycles. The third-order valence-electron chi connectivity index (χ3n) is 3.51. The van der Waals surface area contributed by atoms with Gasteiger partial charge in [-0.3, -0.25) is 0 Å². The maximum Gasteiger partial charge on any atom is 0.248 e. The van der Waals surface area contributed by atoms with Crippen LogP contribution in [0.4, 0.5) is 0 Å². The van der Waals surface area contributed by atoms with Crippen LogP contribution >= 0.6 is 0 Å². The molecule has 0 fully saturated rings. The average molecular weight is 311 g/mol. The molecule has 0 radical (unpaired) electrons. The van der Waals surface area contributed by atoms with E-state index in [2.05, 4.69) is 10.1 Å². The summed E-state index contributed by atoms with van der Waals surface area (Å²) in [5.74, 6) is 2.05. The minimum Gasteiger partial charge on any atom is -0.493 e. The molecule has 1 unspecified atom stereocenters. The Morgan fingerprint density at radius 2 is 1.74 bits per heavy atom. The van der Waals surface area contributed by atoms with E-state index >= 15 is 0 Å². The van der Waals surface area contributed by atoms with E-state index in [9.17, 15) is 0 Å². The lowest BCUT2D eigenvalue weighted by Gasteiger charge is -2.07. The smallest absolute Gasteiger partial charge is 0.248 e. The van der Waals surface area contributed by atoms with E-state index in [1.165, 1.54) is 0 Å². The van der Waals surface area contributed by atoms with Crippen LogP contribution in [0, 0.1) is 0 Å². The van der Waals surface area contributed by atoms with Crippen LogP contribution in [0.5, 0.6) is 11.5 Å². The van der Waals surface area contributed by atoms with E-state index in [-0.39, 0.29) is 0 Å². The number of benzene rings is 2. The maximum atomic E-state index is 6.17. The summed E-state index contributed by atoms with van der Waals surface area (Å²) in [4.78, 5) is 4.39. The molecule has 0 saturated heterocycles. The van der Waals surface area contributed by atoms with Crippen molar-refractivity contribution in [3.05, 3.63) is 60.0 Å². The van der Waals surface area contributed by atoms with Gasteiger partial charge in [0.25, 0.3) is 0 Å². The number of nitrogens with zero attached hydrogens (tertiary/aromatic N) is 2. The zero-order valence-corrected chi connectivity index (χ0v) is 12.9.